The van der Waals surface area contributed by atoms with Crippen molar-refractivity contribution in [2.45, 2.75) is 6.61 Å². The molecular formula is C21H24F2N2O4. The number of rotatable bonds is 8. The molecule has 1 fully saturated rings. The molecule has 0 aromatic heterocycles. The number of alkyl halides is 2. The Morgan fingerprint density at radius 2 is 1.66 bits per heavy atom. The van der Waals surface area contributed by atoms with Crippen LogP contribution in [0.4, 0.5) is 8.78 Å². The average molecular weight is 406 g/mol. The first kappa shape index (κ1) is 20.9. The topological polar surface area (TPSA) is 51.2 Å². The lowest BCUT2D eigenvalue weighted by molar-refractivity contribution is -0.0503. The van der Waals surface area contributed by atoms with Gasteiger partial charge in [0, 0.05) is 32.7 Å². The fourth-order valence-corrected chi connectivity index (χ4v) is 3.15. The van der Waals surface area contributed by atoms with Crippen LogP contribution in [0, 0.1) is 0 Å². The predicted molar refractivity (Wildman–Crippen MR) is 104 cm³/mol. The van der Waals surface area contributed by atoms with E-state index in [1.54, 1.807) is 24.1 Å². The van der Waals surface area contributed by atoms with Crippen molar-refractivity contribution in [1.29, 1.82) is 0 Å². The van der Waals surface area contributed by atoms with Gasteiger partial charge >= 0.3 is 6.61 Å². The van der Waals surface area contributed by atoms with Crippen LogP contribution >= 0.6 is 0 Å². The summed E-state index contributed by atoms with van der Waals surface area (Å²) < 4.78 is 40.5. The van der Waals surface area contributed by atoms with E-state index in [0.29, 0.717) is 32.8 Å². The maximum Gasteiger partial charge on any atom is 0.387 e. The molecule has 8 heteroatoms. The SMILES string of the molecule is COc1ccc(OCCN2CCN(C(=O)c3ccccc3OC(F)F)CC2)cc1. The van der Waals surface area contributed by atoms with Crippen LogP contribution in [0.5, 0.6) is 17.2 Å². The number of para-hydroxylation sites is 1. The van der Waals surface area contributed by atoms with Crippen molar-refractivity contribution < 1.29 is 27.8 Å². The molecule has 2 aromatic rings. The van der Waals surface area contributed by atoms with Gasteiger partial charge in [0.15, 0.2) is 0 Å². The first-order valence-electron chi connectivity index (χ1n) is 9.39. The molecule has 2 aromatic carbocycles. The molecule has 1 aliphatic rings. The molecule has 0 radical (unpaired) electrons. The third kappa shape index (κ3) is 5.80. The Bertz CT molecular complexity index is 794. The number of halogens is 2. The second kappa shape index (κ2) is 10.1. The van der Waals surface area contributed by atoms with Crippen molar-refractivity contribution in [3.63, 3.8) is 0 Å². The average Bonchev–Trinajstić information content (AvgIpc) is 2.74. The van der Waals surface area contributed by atoms with Gasteiger partial charge in [-0.05, 0) is 36.4 Å². The predicted octanol–water partition coefficient (Wildman–Crippen LogP) is 3.13. The fourth-order valence-electron chi connectivity index (χ4n) is 3.15. The van der Waals surface area contributed by atoms with E-state index in [-0.39, 0.29) is 17.2 Å². The number of hydrogen-bond acceptors (Lipinski definition) is 5. The Morgan fingerprint density at radius 3 is 2.31 bits per heavy atom. The molecule has 6 nitrogen and oxygen atoms in total. The van der Waals surface area contributed by atoms with Gasteiger partial charge in [-0.15, -0.1) is 0 Å². The van der Waals surface area contributed by atoms with E-state index < -0.39 is 6.61 Å². The van der Waals surface area contributed by atoms with Crippen LogP contribution in [-0.4, -0.2) is 68.8 Å². The Kier molecular flexibility index (Phi) is 7.24. The van der Waals surface area contributed by atoms with Gasteiger partial charge in [0.25, 0.3) is 5.91 Å². The van der Waals surface area contributed by atoms with Crippen LogP contribution in [-0.2, 0) is 0 Å². The van der Waals surface area contributed by atoms with Gasteiger partial charge in [-0.1, -0.05) is 12.1 Å². The number of amides is 1. The molecule has 0 atom stereocenters. The van der Waals surface area contributed by atoms with E-state index in [4.69, 9.17) is 9.47 Å². The van der Waals surface area contributed by atoms with E-state index in [1.165, 1.54) is 12.1 Å². The van der Waals surface area contributed by atoms with Crippen molar-refractivity contribution in [1.82, 2.24) is 9.80 Å². The molecule has 0 bridgehead atoms. The minimum absolute atomic E-state index is 0.0946. The molecule has 156 valence electrons. The zero-order valence-electron chi connectivity index (χ0n) is 16.2. The summed E-state index contributed by atoms with van der Waals surface area (Å²) in [5.41, 5.74) is 0.157. The van der Waals surface area contributed by atoms with E-state index in [1.807, 2.05) is 24.3 Å². The van der Waals surface area contributed by atoms with Gasteiger partial charge in [0.05, 0.1) is 12.7 Å². The minimum atomic E-state index is -2.97. The Balaban J connectivity index is 1.46. The standard InChI is InChI=1S/C21H24F2N2O4/c1-27-16-6-8-17(9-7-16)28-15-14-24-10-12-25(13-11-24)20(26)18-4-2-3-5-19(18)29-21(22)23/h2-9,21H,10-15H2,1H3. The van der Waals surface area contributed by atoms with Gasteiger partial charge in [0.2, 0.25) is 0 Å². The van der Waals surface area contributed by atoms with Crippen LogP contribution in [0.3, 0.4) is 0 Å². The highest BCUT2D eigenvalue weighted by Crippen LogP contribution is 2.22. The lowest BCUT2D eigenvalue weighted by Gasteiger charge is -2.34. The largest absolute Gasteiger partial charge is 0.497 e. The lowest BCUT2D eigenvalue weighted by atomic mass is 10.1. The van der Waals surface area contributed by atoms with Crippen molar-refractivity contribution in [2.24, 2.45) is 0 Å². The summed E-state index contributed by atoms with van der Waals surface area (Å²) in [6, 6.07) is 13.5. The molecule has 1 aliphatic heterocycles. The summed E-state index contributed by atoms with van der Waals surface area (Å²) in [7, 11) is 1.62. The summed E-state index contributed by atoms with van der Waals surface area (Å²) in [6.07, 6.45) is 0. The number of nitrogens with zero attached hydrogens (tertiary/aromatic N) is 2. The molecule has 1 heterocycles. The number of methoxy groups -OCH3 is 1. The van der Waals surface area contributed by atoms with Crippen LogP contribution in [0.2, 0.25) is 0 Å². The quantitative estimate of drug-likeness (QED) is 0.674. The molecule has 0 spiro atoms. The van der Waals surface area contributed by atoms with Crippen molar-refractivity contribution in [3.8, 4) is 17.2 Å². The van der Waals surface area contributed by atoms with Crippen LogP contribution in [0.25, 0.3) is 0 Å². The number of ether oxygens (including phenoxy) is 3. The van der Waals surface area contributed by atoms with Gasteiger partial charge < -0.3 is 19.1 Å². The maximum atomic E-state index is 12.7. The molecular weight excluding hydrogens is 382 g/mol. The summed E-state index contributed by atoms with van der Waals surface area (Å²) in [6.45, 7) is 0.719. The van der Waals surface area contributed by atoms with Gasteiger partial charge in [0.1, 0.15) is 23.9 Å². The van der Waals surface area contributed by atoms with E-state index in [0.717, 1.165) is 18.0 Å². The molecule has 0 aliphatic carbocycles. The normalized spacial score (nSPS) is 14.7. The molecule has 3 rings (SSSR count). The maximum absolute atomic E-state index is 12.7. The highest BCUT2D eigenvalue weighted by Gasteiger charge is 2.24. The van der Waals surface area contributed by atoms with E-state index in [9.17, 15) is 13.6 Å². The smallest absolute Gasteiger partial charge is 0.387 e. The zero-order valence-corrected chi connectivity index (χ0v) is 16.2. The first-order chi connectivity index (χ1) is 14.1. The van der Waals surface area contributed by atoms with Crippen molar-refractivity contribution in [3.05, 3.63) is 54.1 Å². The first-order valence-corrected chi connectivity index (χ1v) is 9.39. The summed E-state index contributed by atoms with van der Waals surface area (Å²) in [5, 5.41) is 0. The van der Waals surface area contributed by atoms with E-state index >= 15 is 0 Å². The Hall–Kier alpha value is -2.87. The lowest BCUT2D eigenvalue weighted by Crippen LogP contribution is -2.49. The Labute approximate surface area is 168 Å². The number of benzene rings is 2. The summed E-state index contributed by atoms with van der Waals surface area (Å²) >= 11 is 0. The monoisotopic (exact) mass is 406 g/mol. The number of carbonyl (C=O) groups is 1. The Morgan fingerprint density at radius 1 is 1.00 bits per heavy atom. The summed E-state index contributed by atoms with van der Waals surface area (Å²) in [5.74, 6) is 1.16. The van der Waals surface area contributed by atoms with Crippen molar-refractivity contribution in [2.75, 3.05) is 46.4 Å². The van der Waals surface area contributed by atoms with Crippen LogP contribution in [0.15, 0.2) is 48.5 Å². The molecule has 1 saturated heterocycles. The molecule has 0 N–H and O–H groups in total. The molecule has 29 heavy (non-hydrogen) atoms. The van der Waals surface area contributed by atoms with Crippen molar-refractivity contribution >= 4 is 5.91 Å². The molecule has 0 saturated carbocycles. The third-order valence-electron chi connectivity index (χ3n) is 4.73. The summed E-state index contributed by atoms with van der Waals surface area (Å²) in [4.78, 5) is 16.6. The van der Waals surface area contributed by atoms with Crippen LogP contribution in [0.1, 0.15) is 10.4 Å². The fraction of sp³-hybridized carbons (Fsp3) is 0.381. The minimum Gasteiger partial charge on any atom is -0.497 e. The second-order valence-electron chi connectivity index (χ2n) is 6.53. The molecule has 0 unspecified atom stereocenters. The highest BCUT2D eigenvalue weighted by molar-refractivity contribution is 5.97. The third-order valence-corrected chi connectivity index (χ3v) is 4.73. The van der Waals surface area contributed by atoms with Crippen LogP contribution < -0.4 is 14.2 Å². The van der Waals surface area contributed by atoms with Gasteiger partial charge in [-0.2, -0.15) is 8.78 Å². The van der Waals surface area contributed by atoms with Gasteiger partial charge in [-0.3, -0.25) is 9.69 Å². The van der Waals surface area contributed by atoms with Gasteiger partial charge in [-0.25, -0.2) is 0 Å². The number of piperazine rings is 1. The van der Waals surface area contributed by atoms with E-state index in [2.05, 4.69) is 9.64 Å². The number of hydrogen-bond donors (Lipinski definition) is 0. The number of carbonyl (C=O) groups excluding carboxylic acids is 1. The highest BCUT2D eigenvalue weighted by atomic mass is 19.3. The second-order valence-corrected chi connectivity index (χ2v) is 6.53. The molecule has 1 amide bonds. The zero-order chi connectivity index (χ0) is 20.6.